The van der Waals surface area contributed by atoms with Crippen molar-refractivity contribution in [2.24, 2.45) is 5.41 Å². The van der Waals surface area contributed by atoms with Crippen molar-refractivity contribution in [1.82, 2.24) is 15.5 Å². The lowest BCUT2D eigenvalue weighted by atomic mass is 9.83. The van der Waals surface area contributed by atoms with E-state index in [1.165, 1.54) is 13.2 Å². The van der Waals surface area contributed by atoms with E-state index >= 15 is 0 Å². The molecule has 2 aliphatic rings. The third-order valence-electron chi connectivity index (χ3n) is 5.46. The zero-order valence-electron chi connectivity index (χ0n) is 16.8. The van der Waals surface area contributed by atoms with Gasteiger partial charge in [-0.2, -0.15) is 5.26 Å². The van der Waals surface area contributed by atoms with Crippen molar-refractivity contribution >= 4 is 5.82 Å². The van der Waals surface area contributed by atoms with Crippen LogP contribution in [0.3, 0.4) is 0 Å². The molecule has 3 heterocycles. The normalized spacial score (nSPS) is 17.9. The van der Waals surface area contributed by atoms with Crippen LogP contribution in [-0.2, 0) is 16.0 Å². The Morgan fingerprint density at radius 3 is 2.63 bits per heavy atom. The topological polar surface area (TPSA) is 92.5 Å². The molecule has 1 N–H and O–H groups in total. The fraction of sp³-hybridized carbons (Fsp3) is 0.476. The summed E-state index contributed by atoms with van der Waals surface area (Å²) in [6.07, 6.45) is 0.335. The molecule has 1 aromatic carbocycles. The molecule has 0 amide bonds. The van der Waals surface area contributed by atoms with E-state index in [9.17, 15) is 4.39 Å². The molecule has 0 aliphatic carbocycles. The molecular formula is C21H24FN5O3. The minimum Gasteiger partial charge on any atom is -0.494 e. The summed E-state index contributed by atoms with van der Waals surface area (Å²) in [5.41, 5.74) is 1.13. The Kier molecular flexibility index (Phi) is 6.08. The van der Waals surface area contributed by atoms with Gasteiger partial charge in [0.15, 0.2) is 29.4 Å². The zero-order chi connectivity index (χ0) is 21.0. The van der Waals surface area contributed by atoms with Gasteiger partial charge >= 0.3 is 0 Å². The fourth-order valence-corrected chi connectivity index (χ4v) is 3.60. The van der Waals surface area contributed by atoms with Crippen LogP contribution in [0.5, 0.6) is 5.75 Å². The minimum absolute atomic E-state index is 0.120. The molecule has 0 bridgehead atoms. The van der Waals surface area contributed by atoms with Gasteiger partial charge in [-0.1, -0.05) is 6.07 Å². The molecule has 1 aromatic heterocycles. The highest BCUT2D eigenvalue weighted by atomic mass is 19.1. The molecule has 1 spiro atoms. The summed E-state index contributed by atoms with van der Waals surface area (Å²) in [6, 6.07) is 10.2. The Morgan fingerprint density at radius 2 is 2.07 bits per heavy atom. The SMILES string of the molecule is COc1ccc(CN(CCC2OCC3(CNC3)CO2)c2ccc(C#N)nn2)cc1F. The second kappa shape index (κ2) is 8.92. The van der Waals surface area contributed by atoms with Gasteiger partial charge in [0.05, 0.1) is 20.3 Å². The van der Waals surface area contributed by atoms with E-state index in [4.69, 9.17) is 19.5 Å². The molecule has 158 valence electrons. The molecule has 9 heteroatoms. The van der Waals surface area contributed by atoms with Gasteiger partial charge in [-0.15, -0.1) is 10.2 Å². The largest absolute Gasteiger partial charge is 0.494 e. The number of benzene rings is 1. The average Bonchev–Trinajstić information content (AvgIpc) is 2.76. The molecule has 2 saturated heterocycles. The predicted octanol–water partition coefficient (Wildman–Crippen LogP) is 1.86. The zero-order valence-corrected chi connectivity index (χ0v) is 16.8. The summed E-state index contributed by atoms with van der Waals surface area (Å²) in [5.74, 6) is 0.381. The summed E-state index contributed by atoms with van der Waals surface area (Å²) in [4.78, 5) is 1.97. The number of ether oxygens (including phenoxy) is 3. The number of nitrogens with zero attached hydrogens (tertiary/aromatic N) is 4. The smallest absolute Gasteiger partial charge is 0.165 e. The summed E-state index contributed by atoms with van der Waals surface area (Å²) in [7, 11) is 1.44. The third kappa shape index (κ3) is 4.51. The molecule has 0 unspecified atom stereocenters. The van der Waals surface area contributed by atoms with Crippen molar-refractivity contribution in [2.75, 3.05) is 44.9 Å². The quantitative estimate of drug-likeness (QED) is 0.735. The van der Waals surface area contributed by atoms with Gasteiger partial charge in [0, 0.05) is 38.0 Å². The van der Waals surface area contributed by atoms with Gasteiger partial charge in [0.1, 0.15) is 6.07 Å². The Hall–Kier alpha value is -2.80. The van der Waals surface area contributed by atoms with Gasteiger partial charge in [-0.05, 0) is 29.8 Å². The van der Waals surface area contributed by atoms with Crippen molar-refractivity contribution in [3.8, 4) is 11.8 Å². The molecule has 0 saturated carbocycles. The number of anilines is 1. The Bertz CT molecular complexity index is 904. The number of rotatable bonds is 7. The van der Waals surface area contributed by atoms with Crippen LogP contribution in [0.4, 0.5) is 10.2 Å². The van der Waals surface area contributed by atoms with Crippen LogP contribution in [-0.4, -0.2) is 56.4 Å². The maximum atomic E-state index is 14.1. The van der Waals surface area contributed by atoms with Crippen molar-refractivity contribution in [2.45, 2.75) is 19.3 Å². The van der Waals surface area contributed by atoms with Crippen LogP contribution in [0.2, 0.25) is 0 Å². The van der Waals surface area contributed by atoms with E-state index in [0.717, 1.165) is 18.7 Å². The summed E-state index contributed by atoms with van der Waals surface area (Å²) >= 11 is 0. The van der Waals surface area contributed by atoms with Gasteiger partial charge in [0.25, 0.3) is 0 Å². The van der Waals surface area contributed by atoms with Crippen molar-refractivity contribution < 1.29 is 18.6 Å². The third-order valence-corrected chi connectivity index (χ3v) is 5.46. The first kappa shape index (κ1) is 20.5. The van der Waals surface area contributed by atoms with E-state index in [1.54, 1.807) is 18.2 Å². The first-order chi connectivity index (χ1) is 14.6. The van der Waals surface area contributed by atoms with Crippen LogP contribution in [0.25, 0.3) is 0 Å². The average molecular weight is 413 g/mol. The fourth-order valence-electron chi connectivity index (χ4n) is 3.60. The van der Waals surface area contributed by atoms with Crippen LogP contribution in [0, 0.1) is 22.6 Å². The monoisotopic (exact) mass is 413 g/mol. The molecule has 8 nitrogen and oxygen atoms in total. The molecule has 30 heavy (non-hydrogen) atoms. The molecule has 2 fully saturated rings. The number of hydrogen-bond donors (Lipinski definition) is 1. The lowest BCUT2D eigenvalue weighted by Gasteiger charge is -2.46. The number of hydrogen-bond acceptors (Lipinski definition) is 8. The maximum Gasteiger partial charge on any atom is 0.165 e. The van der Waals surface area contributed by atoms with E-state index < -0.39 is 5.82 Å². The van der Waals surface area contributed by atoms with Crippen molar-refractivity contribution in [3.63, 3.8) is 0 Å². The number of methoxy groups -OCH3 is 1. The molecule has 4 rings (SSSR count). The highest BCUT2D eigenvalue weighted by Gasteiger charge is 2.42. The lowest BCUT2D eigenvalue weighted by molar-refractivity contribution is -0.239. The van der Waals surface area contributed by atoms with Gasteiger partial charge in [0.2, 0.25) is 0 Å². The van der Waals surface area contributed by atoms with Crippen molar-refractivity contribution in [1.29, 1.82) is 5.26 Å². The Balaban J connectivity index is 1.44. The van der Waals surface area contributed by atoms with Crippen LogP contribution >= 0.6 is 0 Å². The van der Waals surface area contributed by atoms with E-state index in [0.29, 0.717) is 38.5 Å². The van der Waals surface area contributed by atoms with E-state index in [-0.39, 0.29) is 23.1 Å². The maximum absolute atomic E-state index is 14.1. The number of halogens is 1. The first-order valence-electron chi connectivity index (χ1n) is 9.86. The number of nitriles is 1. The highest BCUT2D eigenvalue weighted by molar-refractivity contribution is 5.41. The van der Waals surface area contributed by atoms with Crippen LogP contribution in [0.1, 0.15) is 17.7 Å². The second-order valence-electron chi connectivity index (χ2n) is 7.72. The first-order valence-corrected chi connectivity index (χ1v) is 9.86. The number of aromatic nitrogens is 2. The molecule has 2 aliphatic heterocycles. The molecule has 0 radical (unpaired) electrons. The van der Waals surface area contributed by atoms with Crippen LogP contribution < -0.4 is 15.0 Å². The van der Waals surface area contributed by atoms with Gasteiger partial charge < -0.3 is 24.4 Å². The summed E-state index contributed by atoms with van der Waals surface area (Å²) in [6.45, 7) is 4.22. The Morgan fingerprint density at radius 1 is 1.27 bits per heavy atom. The van der Waals surface area contributed by atoms with Gasteiger partial charge in [-0.25, -0.2) is 4.39 Å². The lowest BCUT2D eigenvalue weighted by Crippen LogP contribution is -2.61. The molecule has 0 atom stereocenters. The second-order valence-corrected chi connectivity index (χ2v) is 7.72. The van der Waals surface area contributed by atoms with E-state index in [2.05, 4.69) is 15.5 Å². The van der Waals surface area contributed by atoms with Crippen LogP contribution in [0.15, 0.2) is 30.3 Å². The molecular weight excluding hydrogens is 389 g/mol. The summed E-state index contributed by atoms with van der Waals surface area (Å²) in [5, 5.41) is 20.3. The number of nitrogens with one attached hydrogen (secondary N) is 1. The standard InChI is InChI=1S/C21H24FN5O3/c1-28-18-4-2-15(8-17(18)22)10-27(19-5-3-16(9-23)25-26-19)7-6-20-29-13-21(14-30-20)11-24-12-21/h2-5,8,20,24H,6-7,10-14H2,1H3. The van der Waals surface area contributed by atoms with Gasteiger partial charge in [-0.3, -0.25) is 0 Å². The highest BCUT2D eigenvalue weighted by Crippen LogP contribution is 2.29. The van der Waals surface area contributed by atoms with E-state index in [1.807, 2.05) is 17.0 Å². The molecule has 2 aromatic rings. The summed E-state index contributed by atoms with van der Waals surface area (Å²) < 4.78 is 31.0. The predicted molar refractivity (Wildman–Crippen MR) is 106 cm³/mol. The minimum atomic E-state index is -0.417. The Labute approximate surface area is 174 Å². The van der Waals surface area contributed by atoms with Crippen molar-refractivity contribution in [3.05, 3.63) is 47.4 Å².